The maximum atomic E-state index is 3.84. The zero-order chi connectivity index (χ0) is 11.7. The van der Waals surface area contributed by atoms with Crippen molar-refractivity contribution >= 4 is 5.69 Å². The summed E-state index contributed by atoms with van der Waals surface area (Å²) in [5.74, 6) is 0. The Bertz CT molecular complexity index is 394. The summed E-state index contributed by atoms with van der Waals surface area (Å²) in [7, 11) is 2.24. The molecule has 0 amide bonds. The predicted molar refractivity (Wildman–Crippen MR) is 72.4 cm³/mol. The van der Waals surface area contributed by atoms with Crippen molar-refractivity contribution < 1.29 is 0 Å². The lowest BCUT2D eigenvalue weighted by molar-refractivity contribution is 0.238. The van der Waals surface area contributed by atoms with Gasteiger partial charge in [0.1, 0.15) is 0 Å². The molecule has 0 aromatic heterocycles. The van der Waals surface area contributed by atoms with Gasteiger partial charge >= 0.3 is 0 Å². The quantitative estimate of drug-likeness (QED) is 0.737. The number of hydrogen-bond acceptors (Lipinski definition) is 2. The Morgan fingerprint density at radius 3 is 2.71 bits per heavy atom. The van der Waals surface area contributed by atoms with E-state index in [1.54, 1.807) is 0 Å². The van der Waals surface area contributed by atoms with Crippen LogP contribution in [0.1, 0.15) is 37.7 Å². The molecule has 3 rings (SSSR count). The topological polar surface area (TPSA) is 15.3 Å². The van der Waals surface area contributed by atoms with Crippen molar-refractivity contribution in [2.75, 3.05) is 18.5 Å². The lowest BCUT2D eigenvalue weighted by Crippen LogP contribution is -2.52. The van der Waals surface area contributed by atoms with Gasteiger partial charge in [-0.05, 0) is 24.5 Å². The molecule has 0 bridgehead atoms. The molecule has 2 heteroatoms. The van der Waals surface area contributed by atoms with E-state index in [4.69, 9.17) is 0 Å². The van der Waals surface area contributed by atoms with Gasteiger partial charge < -0.3 is 10.2 Å². The largest absolute Gasteiger partial charge is 0.372 e. The SMILES string of the molecule is CN1CC2(CCCCC2)NCc2ccccc21. The summed E-state index contributed by atoms with van der Waals surface area (Å²) in [5, 5.41) is 3.84. The summed E-state index contributed by atoms with van der Waals surface area (Å²) in [5.41, 5.74) is 3.21. The molecule has 0 unspecified atom stereocenters. The number of fused-ring (bicyclic) bond motifs is 1. The molecule has 1 saturated carbocycles. The number of nitrogens with zero attached hydrogens (tertiary/aromatic N) is 1. The molecule has 1 spiro atoms. The molecule has 1 heterocycles. The van der Waals surface area contributed by atoms with Crippen molar-refractivity contribution in [3.8, 4) is 0 Å². The monoisotopic (exact) mass is 230 g/mol. The average Bonchev–Trinajstić information content (AvgIpc) is 2.50. The summed E-state index contributed by atoms with van der Waals surface area (Å²) in [6, 6.07) is 8.79. The van der Waals surface area contributed by atoms with Crippen LogP contribution in [0.25, 0.3) is 0 Å². The maximum absolute atomic E-state index is 3.84. The molecule has 1 aromatic carbocycles. The van der Waals surface area contributed by atoms with Gasteiger partial charge in [-0.2, -0.15) is 0 Å². The molecular weight excluding hydrogens is 208 g/mol. The van der Waals surface area contributed by atoms with E-state index in [0.29, 0.717) is 5.54 Å². The third-order valence-corrected chi connectivity index (χ3v) is 4.41. The fraction of sp³-hybridized carbons (Fsp3) is 0.600. The minimum Gasteiger partial charge on any atom is -0.372 e. The van der Waals surface area contributed by atoms with Crippen molar-refractivity contribution in [2.24, 2.45) is 0 Å². The number of anilines is 1. The number of hydrogen-bond donors (Lipinski definition) is 1. The Hall–Kier alpha value is -1.02. The predicted octanol–water partition coefficient (Wildman–Crippen LogP) is 2.93. The van der Waals surface area contributed by atoms with Crippen molar-refractivity contribution in [3.05, 3.63) is 29.8 Å². The molecule has 2 aliphatic rings. The van der Waals surface area contributed by atoms with Gasteiger partial charge in [0.05, 0.1) is 0 Å². The second-order valence-electron chi connectivity index (χ2n) is 5.68. The molecule has 92 valence electrons. The fourth-order valence-electron chi connectivity index (χ4n) is 3.47. The van der Waals surface area contributed by atoms with E-state index in [0.717, 1.165) is 13.1 Å². The summed E-state index contributed by atoms with van der Waals surface area (Å²) < 4.78 is 0. The highest BCUT2D eigenvalue weighted by Gasteiger charge is 2.34. The third-order valence-electron chi connectivity index (χ3n) is 4.41. The van der Waals surface area contributed by atoms with Crippen LogP contribution < -0.4 is 10.2 Å². The van der Waals surface area contributed by atoms with E-state index >= 15 is 0 Å². The number of likely N-dealkylation sites (N-methyl/N-ethyl adjacent to an activating group) is 1. The smallest absolute Gasteiger partial charge is 0.0409 e. The molecule has 0 radical (unpaired) electrons. The molecule has 1 fully saturated rings. The second kappa shape index (κ2) is 4.34. The normalized spacial score (nSPS) is 23.2. The summed E-state index contributed by atoms with van der Waals surface area (Å²) in [6.45, 7) is 2.19. The first-order valence-corrected chi connectivity index (χ1v) is 6.83. The average molecular weight is 230 g/mol. The van der Waals surface area contributed by atoms with Crippen LogP contribution in [0.3, 0.4) is 0 Å². The van der Waals surface area contributed by atoms with Gasteiger partial charge in [0, 0.05) is 31.4 Å². The van der Waals surface area contributed by atoms with E-state index < -0.39 is 0 Å². The Kier molecular flexibility index (Phi) is 2.83. The molecule has 0 saturated heterocycles. The van der Waals surface area contributed by atoms with Crippen LogP contribution in [0.2, 0.25) is 0 Å². The standard InChI is InChI=1S/C15H22N2/c1-17-12-15(9-5-2-6-10-15)16-11-13-7-3-4-8-14(13)17/h3-4,7-8,16H,2,5-6,9-12H2,1H3. The molecular formula is C15H22N2. The first kappa shape index (κ1) is 11.1. The van der Waals surface area contributed by atoms with Crippen molar-refractivity contribution in [2.45, 2.75) is 44.2 Å². The Labute approximate surface area is 104 Å². The van der Waals surface area contributed by atoms with Gasteiger partial charge in [0.2, 0.25) is 0 Å². The lowest BCUT2D eigenvalue weighted by Gasteiger charge is -2.39. The highest BCUT2D eigenvalue weighted by Crippen LogP contribution is 2.33. The van der Waals surface area contributed by atoms with Gasteiger partial charge in [-0.1, -0.05) is 37.5 Å². The van der Waals surface area contributed by atoms with Gasteiger partial charge in [-0.25, -0.2) is 0 Å². The fourth-order valence-corrected chi connectivity index (χ4v) is 3.47. The highest BCUT2D eigenvalue weighted by atomic mass is 15.2. The zero-order valence-electron chi connectivity index (χ0n) is 10.7. The van der Waals surface area contributed by atoms with Gasteiger partial charge in [-0.3, -0.25) is 0 Å². The first-order valence-electron chi connectivity index (χ1n) is 6.83. The van der Waals surface area contributed by atoms with Crippen molar-refractivity contribution in [1.82, 2.24) is 5.32 Å². The Morgan fingerprint density at radius 2 is 1.88 bits per heavy atom. The molecule has 1 N–H and O–H groups in total. The second-order valence-corrected chi connectivity index (χ2v) is 5.68. The van der Waals surface area contributed by atoms with Crippen molar-refractivity contribution in [3.63, 3.8) is 0 Å². The van der Waals surface area contributed by atoms with E-state index in [1.807, 2.05) is 0 Å². The molecule has 17 heavy (non-hydrogen) atoms. The lowest BCUT2D eigenvalue weighted by atomic mass is 9.81. The van der Waals surface area contributed by atoms with Crippen LogP contribution in [-0.4, -0.2) is 19.1 Å². The van der Waals surface area contributed by atoms with Crippen LogP contribution in [0.5, 0.6) is 0 Å². The van der Waals surface area contributed by atoms with Crippen LogP contribution in [0.15, 0.2) is 24.3 Å². The highest BCUT2D eigenvalue weighted by molar-refractivity contribution is 5.54. The third kappa shape index (κ3) is 2.06. The van der Waals surface area contributed by atoms with Gasteiger partial charge in [0.15, 0.2) is 0 Å². The van der Waals surface area contributed by atoms with E-state index in [9.17, 15) is 0 Å². The summed E-state index contributed by atoms with van der Waals surface area (Å²) >= 11 is 0. The Balaban J connectivity index is 1.88. The summed E-state index contributed by atoms with van der Waals surface area (Å²) in [6.07, 6.45) is 6.87. The van der Waals surface area contributed by atoms with Crippen LogP contribution in [-0.2, 0) is 6.54 Å². The van der Waals surface area contributed by atoms with Gasteiger partial charge in [0.25, 0.3) is 0 Å². The van der Waals surface area contributed by atoms with Crippen molar-refractivity contribution in [1.29, 1.82) is 0 Å². The molecule has 1 aliphatic heterocycles. The number of rotatable bonds is 0. The number of nitrogens with one attached hydrogen (secondary N) is 1. The van der Waals surface area contributed by atoms with E-state index in [1.165, 1.54) is 43.4 Å². The molecule has 1 aromatic rings. The molecule has 0 atom stereocenters. The number of benzene rings is 1. The van der Waals surface area contributed by atoms with Crippen LogP contribution in [0, 0.1) is 0 Å². The van der Waals surface area contributed by atoms with E-state index in [2.05, 4.69) is 41.5 Å². The minimum absolute atomic E-state index is 0.367. The first-order chi connectivity index (χ1) is 8.29. The van der Waals surface area contributed by atoms with Crippen LogP contribution >= 0.6 is 0 Å². The van der Waals surface area contributed by atoms with Gasteiger partial charge in [-0.15, -0.1) is 0 Å². The molecule has 1 aliphatic carbocycles. The number of para-hydroxylation sites is 1. The molecule has 2 nitrogen and oxygen atoms in total. The maximum Gasteiger partial charge on any atom is 0.0409 e. The Morgan fingerprint density at radius 1 is 1.12 bits per heavy atom. The van der Waals surface area contributed by atoms with Crippen LogP contribution in [0.4, 0.5) is 5.69 Å². The summed E-state index contributed by atoms with van der Waals surface area (Å²) in [4.78, 5) is 2.45. The van der Waals surface area contributed by atoms with E-state index in [-0.39, 0.29) is 0 Å². The minimum atomic E-state index is 0.367. The zero-order valence-corrected chi connectivity index (χ0v) is 10.7.